The maximum absolute atomic E-state index is 11.3. The zero-order valence-electron chi connectivity index (χ0n) is 8.37. The Labute approximate surface area is 84.2 Å². The maximum atomic E-state index is 11.3. The van der Waals surface area contributed by atoms with Gasteiger partial charge in [0.2, 0.25) is 0 Å². The van der Waals surface area contributed by atoms with Crippen LogP contribution >= 0.6 is 0 Å². The summed E-state index contributed by atoms with van der Waals surface area (Å²) in [5.41, 5.74) is 5.60. The fourth-order valence-electron chi connectivity index (χ4n) is 2.12. The smallest absolute Gasteiger partial charge is 0.407 e. The average Bonchev–Trinajstić information content (AvgIpc) is 2.54. The van der Waals surface area contributed by atoms with Gasteiger partial charge in [-0.3, -0.25) is 0 Å². The highest BCUT2D eigenvalue weighted by molar-refractivity contribution is 5.67. The monoisotopic (exact) mass is 198 g/mol. The molecule has 2 rings (SSSR count). The van der Waals surface area contributed by atoms with Crippen molar-refractivity contribution in [1.82, 2.24) is 5.32 Å². The van der Waals surface area contributed by atoms with E-state index in [0.29, 0.717) is 6.04 Å². The summed E-state index contributed by atoms with van der Waals surface area (Å²) in [6.07, 6.45) is 6.08. The standard InChI is InChI=1S/C10H18N2O2/c11-7-5-9(6-7)14-10(13)12-8-3-1-2-4-8/h7-9H,1-6,11H2,(H,12,13). The number of hydrogen-bond donors (Lipinski definition) is 2. The lowest BCUT2D eigenvalue weighted by Crippen LogP contribution is -2.45. The average molecular weight is 198 g/mol. The van der Waals surface area contributed by atoms with E-state index < -0.39 is 0 Å². The third kappa shape index (κ3) is 2.38. The van der Waals surface area contributed by atoms with Crippen molar-refractivity contribution in [1.29, 1.82) is 0 Å². The highest BCUT2D eigenvalue weighted by Gasteiger charge is 2.30. The summed E-state index contributed by atoms with van der Waals surface area (Å²) in [4.78, 5) is 11.3. The molecule has 2 aliphatic carbocycles. The topological polar surface area (TPSA) is 64.3 Å². The van der Waals surface area contributed by atoms with Crippen LogP contribution in [0.3, 0.4) is 0 Å². The van der Waals surface area contributed by atoms with E-state index in [4.69, 9.17) is 10.5 Å². The largest absolute Gasteiger partial charge is 0.446 e. The third-order valence-electron chi connectivity index (χ3n) is 3.08. The van der Waals surface area contributed by atoms with Crippen LogP contribution in [0.5, 0.6) is 0 Å². The van der Waals surface area contributed by atoms with Crippen LogP contribution in [0.1, 0.15) is 38.5 Å². The number of amides is 1. The summed E-state index contributed by atoms with van der Waals surface area (Å²) < 4.78 is 5.19. The Hall–Kier alpha value is -0.770. The Kier molecular flexibility index (Phi) is 2.91. The van der Waals surface area contributed by atoms with E-state index in [1.165, 1.54) is 12.8 Å². The number of alkyl carbamates (subject to hydrolysis) is 1. The molecule has 4 nitrogen and oxygen atoms in total. The third-order valence-corrected chi connectivity index (χ3v) is 3.08. The van der Waals surface area contributed by atoms with Crippen LogP contribution < -0.4 is 11.1 Å². The molecule has 0 unspecified atom stereocenters. The molecule has 2 fully saturated rings. The molecular weight excluding hydrogens is 180 g/mol. The maximum Gasteiger partial charge on any atom is 0.407 e. The van der Waals surface area contributed by atoms with Crippen molar-refractivity contribution in [3.8, 4) is 0 Å². The minimum Gasteiger partial charge on any atom is -0.446 e. The molecule has 0 atom stereocenters. The highest BCUT2D eigenvalue weighted by atomic mass is 16.6. The molecule has 0 heterocycles. The molecular formula is C10H18N2O2. The van der Waals surface area contributed by atoms with Crippen LogP contribution in [0.15, 0.2) is 0 Å². The molecule has 0 radical (unpaired) electrons. The van der Waals surface area contributed by atoms with Crippen molar-refractivity contribution in [3.63, 3.8) is 0 Å². The van der Waals surface area contributed by atoms with Gasteiger partial charge < -0.3 is 15.8 Å². The minimum atomic E-state index is -0.256. The van der Waals surface area contributed by atoms with Crippen LogP contribution in [-0.4, -0.2) is 24.3 Å². The Morgan fingerprint density at radius 3 is 2.50 bits per heavy atom. The number of carbonyl (C=O) groups is 1. The van der Waals surface area contributed by atoms with Crippen molar-refractivity contribution in [2.75, 3.05) is 0 Å². The number of rotatable bonds is 2. The molecule has 0 aromatic heterocycles. The molecule has 0 aliphatic heterocycles. The molecule has 0 aromatic carbocycles. The molecule has 14 heavy (non-hydrogen) atoms. The van der Waals surface area contributed by atoms with E-state index in [1.807, 2.05) is 0 Å². The molecule has 3 N–H and O–H groups in total. The Bertz CT molecular complexity index is 208. The lowest BCUT2D eigenvalue weighted by atomic mass is 9.90. The molecule has 80 valence electrons. The number of nitrogens with two attached hydrogens (primary N) is 1. The first-order valence-corrected chi connectivity index (χ1v) is 5.47. The molecule has 2 saturated carbocycles. The summed E-state index contributed by atoms with van der Waals surface area (Å²) in [5.74, 6) is 0. The first kappa shape index (κ1) is 9.77. The predicted molar refractivity (Wildman–Crippen MR) is 52.9 cm³/mol. The van der Waals surface area contributed by atoms with Crippen LogP contribution in [0, 0.1) is 0 Å². The van der Waals surface area contributed by atoms with E-state index >= 15 is 0 Å². The van der Waals surface area contributed by atoms with Crippen LogP contribution in [0.25, 0.3) is 0 Å². The lowest BCUT2D eigenvalue weighted by molar-refractivity contribution is 0.0395. The first-order valence-electron chi connectivity index (χ1n) is 5.47. The molecule has 2 aliphatic rings. The van der Waals surface area contributed by atoms with E-state index in [-0.39, 0.29) is 18.2 Å². The van der Waals surface area contributed by atoms with Gasteiger partial charge in [-0.1, -0.05) is 12.8 Å². The van der Waals surface area contributed by atoms with Gasteiger partial charge in [-0.2, -0.15) is 0 Å². The lowest BCUT2D eigenvalue weighted by Gasteiger charge is -2.31. The zero-order valence-corrected chi connectivity index (χ0v) is 8.37. The normalized spacial score (nSPS) is 32.4. The SMILES string of the molecule is NC1CC(OC(=O)NC2CCCC2)C1. The summed E-state index contributed by atoms with van der Waals surface area (Å²) in [6.45, 7) is 0. The van der Waals surface area contributed by atoms with Crippen molar-refractivity contribution < 1.29 is 9.53 Å². The second-order valence-corrected chi connectivity index (χ2v) is 4.38. The van der Waals surface area contributed by atoms with Gasteiger partial charge >= 0.3 is 6.09 Å². The Morgan fingerprint density at radius 2 is 1.93 bits per heavy atom. The van der Waals surface area contributed by atoms with E-state index in [0.717, 1.165) is 25.7 Å². The van der Waals surface area contributed by atoms with Gasteiger partial charge in [0.15, 0.2) is 0 Å². The molecule has 0 spiro atoms. The molecule has 0 saturated heterocycles. The summed E-state index contributed by atoms with van der Waals surface area (Å²) in [6, 6.07) is 0.579. The fraction of sp³-hybridized carbons (Fsp3) is 0.900. The fourth-order valence-corrected chi connectivity index (χ4v) is 2.12. The van der Waals surface area contributed by atoms with Crippen LogP contribution in [-0.2, 0) is 4.74 Å². The molecule has 1 amide bonds. The van der Waals surface area contributed by atoms with Crippen molar-refractivity contribution in [2.24, 2.45) is 5.73 Å². The van der Waals surface area contributed by atoms with Crippen LogP contribution in [0.2, 0.25) is 0 Å². The van der Waals surface area contributed by atoms with Crippen LogP contribution in [0.4, 0.5) is 4.79 Å². The van der Waals surface area contributed by atoms with Gasteiger partial charge in [0, 0.05) is 12.1 Å². The van der Waals surface area contributed by atoms with Gasteiger partial charge in [-0.25, -0.2) is 4.79 Å². The van der Waals surface area contributed by atoms with Crippen molar-refractivity contribution >= 4 is 6.09 Å². The number of ether oxygens (including phenoxy) is 1. The van der Waals surface area contributed by atoms with Crippen molar-refractivity contribution in [2.45, 2.75) is 56.7 Å². The van der Waals surface area contributed by atoms with Gasteiger partial charge in [-0.05, 0) is 25.7 Å². The first-order chi connectivity index (χ1) is 6.74. The Balaban J connectivity index is 1.63. The van der Waals surface area contributed by atoms with E-state index in [2.05, 4.69) is 5.32 Å². The number of nitrogens with one attached hydrogen (secondary N) is 1. The molecule has 4 heteroatoms. The van der Waals surface area contributed by atoms with Gasteiger partial charge in [-0.15, -0.1) is 0 Å². The summed E-state index contributed by atoms with van der Waals surface area (Å²) >= 11 is 0. The minimum absolute atomic E-state index is 0.0615. The van der Waals surface area contributed by atoms with Gasteiger partial charge in [0.05, 0.1) is 0 Å². The van der Waals surface area contributed by atoms with E-state index in [1.54, 1.807) is 0 Å². The second-order valence-electron chi connectivity index (χ2n) is 4.38. The zero-order chi connectivity index (χ0) is 9.97. The molecule has 0 aromatic rings. The summed E-state index contributed by atoms with van der Waals surface area (Å²) in [7, 11) is 0. The quantitative estimate of drug-likeness (QED) is 0.699. The van der Waals surface area contributed by atoms with Gasteiger partial charge in [0.25, 0.3) is 0 Å². The van der Waals surface area contributed by atoms with Gasteiger partial charge in [0.1, 0.15) is 6.10 Å². The number of carbonyl (C=O) groups excluding carboxylic acids is 1. The van der Waals surface area contributed by atoms with E-state index in [9.17, 15) is 4.79 Å². The summed E-state index contributed by atoms with van der Waals surface area (Å²) in [5, 5.41) is 2.89. The van der Waals surface area contributed by atoms with Crippen molar-refractivity contribution in [3.05, 3.63) is 0 Å². The highest BCUT2D eigenvalue weighted by Crippen LogP contribution is 2.22. The number of hydrogen-bond acceptors (Lipinski definition) is 3. The second kappa shape index (κ2) is 4.17. The molecule has 0 bridgehead atoms. The predicted octanol–water partition coefficient (Wildman–Crippen LogP) is 1.14. The Morgan fingerprint density at radius 1 is 1.29 bits per heavy atom.